The van der Waals surface area contributed by atoms with E-state index in [1.807, 2.05) is 0 Å². The van der Waals surface area contributed by atoms with Crippen molar-refractivity contribution in [1.29, 1.82) is 0 Å². The van der Waals surface area contributed by atoms with Gasteiger partial charge in [0.2, 0.25) is 5.91 Å². The summed E-state index contributed by atoms with van der Waals surface area (Å²) in [4.78, 5) is 12.7. The average molecular weight is 281 g/mol. The van der Waals surface area contributed by atoms with Crippen LogP contribution in [0.15, 0.2) is 0 Å². The third kappa shape index (κ3) is 2.60. The van der Waals surface area contributed by atoms with Gasteiger partial charge in [0.1, 0.15) is 0 Å². The van der Waals surface area contributed by atoms with Gasteiger partial charge in [-0.15, -0.1) is 0 Å². The number of carbonyl (C=O) groups is 1. The zero-order valence-electron chi connectivity index (χ0n) is 12.5. The van der Waals surface area contributed by atoms with Gasteiger partial charge in [-0.1, -0.05) is 6.92 Å². The van der Waals surface area contributed by atoms with Crippen molar-refractivity contribution in [3.8, 4) is 0 Å². The van der Waals surface area contributed by atoms with Crippen molar-refractivity contribution in [2.75, 3.05) is 26.4 Å². The molecule has 20 heavy (non-hydrogen) atoms. The summed E-state index contributed by atoms with van der Waals surface area (Å²) in [5.41, 5.74) is 0.324. The van der Waals surface area contributed by atoms with Crippen LogP contribution in [0.25, 0.3) is 0 Å². The van der Waals surface area contributed by atoms with Crippen LogP contribution in [-0.2, 0) is 9.53 Å². The van der Waals surface area contributed by atoms with E-state index >= 15 is 0 Å². The smallest absolute Gasteiger partial charge is 0.226 e. The zero-order valence-corrected chi connectivity index (χ0v) is 12.5. The van der Waals surface area contributed by atoms with Gasteiger partial charge in [0.15, 0.2) is 0 Å². The van der Waals surface area contributed by atoms with Crippen molar-refractivity contribution in [3.63, 3.8) is 0 Å². The standard InChI is InChI=1S/C16H27NO3/c1-15-7-12-6-13(8-15)10-16(9-12,11-15)14(19)17-2-4-20-5-3-18/h12-13,18H,2-11H2,1H3,(H,17,19). The van der Waals surface area contributed by atoms with Crippen molar-refractivity contribution in [2.45, 2.75) is 45.4 Å². The second-order valence-corrected chi connectivity index (χ2v) is 7.64. The van der Waals surface area contributed by atoms with Gasteiger partial charge in [0.25, 0.3) is 0 Å². The average Bonchev–Trinajstić information content (AvgIpc) is 2.35. The van der Waals surface area contributed by atoms with E-state index in [-0.39, 0.29) is 17.9 Å². The number of rotatable bonds is 6. The number of ether oxygens (including phenoxy) is 1. The van der Waals surface area contributed by atoms with E-state index in [0.29, 0.717) is 25.2 Å². The highest BCUT2D eigenvalue weighted by atomic mass is 16.5. The first kappa shape index (κ1) is 14.3. The molecule has 4 saturated carbocycles. The van der Waals surface area contributed by atoms with Gasteiger partial charge >= 0.3 is 0 Å². The largest absolute Gasteiger partial charge is 0.394 e. The lowest BCUT2D eigenvalue weighted by Crippen LogP contribution is -2.57. The number of carbonyl (C=O) groups excluding carboxylic acids is 1. The summed E-state index contributed by atoms with van der Waals surface area (Å²) < 4.78 is 5.21. The van der Waals surface area contributed by atoms with E-state index in [9.17, 15) is 4.79 Å². The molecule has 0 aromatic rings. The Bertz CT molecular complexity index is 368. The summed E-state index contributed by atoms with van der Waals surface area (Å²) in [6, 6.07) is 0. The third-order valence-corrected chi connectivity index (χ3v) is 5.60. The second-order valence-electron chi connectivity index (χ2n) is 7.64. The molecule has 114 valence electrons. The van der Waals surface area contributed by atoms with Crippen molar-refractivity contribution >= 4 is 5.91 Å². The quantitative estimate of drug-likeness (QED) is 0.729. The Morgan fingerprint density at radius 2 is 1.95 bits per heavy atom. The van der Waals surface area contributed by atoms with Gasteiger partial charge in [-0.25, -0.2) is 0 Å². The molecule has 0 heterocycles. The monoisotopic (exact) mass is 281 g/mol. The van der Waals surface area contributed by atoms with Crippen molar-refractivity contribution in [1.82, 2.24) is 5.32 Å². The third-order valence-electron chi connectivity index (χ3n) is 5.60. The number of aliphatic hydroxyl groups is 1. The van der Waals surface area contributed by atoms with E-state index in [2.05, 4.69) is 12.2 Å². The molecule has 4 rings (SSSR count). The van der Waals surface area contributed by atoms with Crippen LogP contribution in [0.1, 0.15) is 45.4 Å². The lowest BCUT2D eigenvalue weighted by molar-refractivity contribution is -0.155. The molecule has 0 aromatic carbocycles. The minimum absolute atomic E-state index is 0.0413. The van der Waals surface area contributed by atoms with E-state index in [1.54, 1.807) is 0 Å². The highest BCUT2D eigenvalue weighted by Gasteiger charge is 2.58. The number of aliphatic hydroxyl groups excluding tert-OH is 1. The molecule has 0 radical (unpaired) electrons. The molecule has 4 aliphatic carbocycles. The van der Waals surface area contributed by atoms with Crippen LogP contribution in [0, 0.1) is 22.7 Å². The minimum Gasteiger partial charge on any atom is -0.394 e. The van der Waals surface area contributed by atoms with Gasteiger partial charge in [-0.2, -0.15) is 0 Å². The van der Waals surface area contributed by atoms with Crippen LogP contribution >= 0.6 is 0 Å². The lowest BCUT2D eigenvalue weighted by atomic mass is 9.44. The molecule has 2 atom stereocenters. The van der Waals surface area contributed by atoms with Gasteiger partial charge in [0, 0.05) is 6.54 Å². The van der Waals surface area contributed by atoms with Crippen LogP contribution in [0.3, 0.4) is 0 Å². The predicted molar refractivity (Wildman–Crippen MR) is 76.1 cm³/mol. The molecular formula is C16H27NO3. The summed E-state index contributed by atoms with van der Waals surface area (Å²) in [5, 5.41) is 11.7. The fourth-order valence-electron chi connectivity index (χ4n) is 5.58. The van der Waals surface area contributed by atoms with Crippen molar-refractivity contribution < 1.29 is 14.6 Å². The Balaban J connectivity index is 1.57. The minimum atomic E-state index is -0.0875. The predicted octanol–water partition coefficient (Wildman–Crippen LogP) is 1.72. The van der Waals surface area contributed by atoms with E-state index < -0.39 is 0 Å². The maximum atomic E-state index is 12.7. The molecule has 2 unspecified atom stereocenters. The van der Waals surface area contributed by atoms with Crippen LogP contribution in [0.2, 0.25) is 0 Å². The SMILES string of the molecule is CC12CC3CC(C1)CC(C(=O)NCCOCCO)(C3)C2. The summed E-state index contributed by atoms with van der Waals surface area (Å²) in [6.45, 7) is 3.83. The van der Waals surface area contributed by atoms with Crippen molar-refractivity contribution in [3.05, 3.63) is 0 Å². The first-order valence-electron chi connectivity index (χ1n) is 8.02. The maximum absolute atomic E-state index is 12.7. The van der Waals surface area contributed by atoms with Gasteiger partial charge < -0.3 is 15.2 Å². The van der Waals surface area contributed by atoms with Gasteiger partial charge in [-0.05, 0) is 55.8 Å². The zero-order chi connectivity index (χ0) is 14.2. The van der Waals surface area contributed by atoms with Gasteiger partial charge in [0.05, 0.1) is 25.2 Å². The number of amides is 1. The molecule has 0 aromatic heterocycles. The molecule has 4 aliphatic rings. The summed E-state index contributed by atoms with van der Waals surface area (Å²) >= 11 is 0. The summed E-state index contributed by atoms with van der Waals surface area (Å²) in [7, 11) is 0. The highest BCUT2D eigenvalue weighted by molar-refractivity contribution is 5.83. The molecule has 0 spiro atoms. The summed E-state index contributed by atoms with van der Waals surface area (Å²) in [6.07, 6.45) is 7.29. The Hall–Kier alpha value is -0.610. The molecule has 0 saturated heterocycles. The number of hydrogen-bond donors (Lipinski definition) is 2. The van der Waals surface area contributed by atoms with Crippen LogP contribution in [0.4, 0.5) is 0 Å². The molecular weight excluding hydrogens is 254 g/mol. The van der Waals surface area contributed by atoms with E-state index in [1.165, 1.54) is 19.3 Å². The normalized spacial score (nSPS) is 41.9. The molecule has 4 bridgehead atoms. The number of nitrogens with one attached hydrogen (secondary N) is 1. The Morgan fingerprint density at radius 1 is 1.25 bits per heavy atom. The molecule has 0 aliphatic heterocycles. The molecule has 4 fully saturated rings. The van der Waals surface area contributed by atoms with Crippen molar-refractivity contribution in [2.24, 2.45) is 22.7 Å². The van der Waals surface area contributed by atoms with Gasteiger partial charge in [-0.3, -0.25) is 4.79 Å². The second kappa shape index (κ2) is 5.30. The van der Waals surface area contributed by atoms with Crippen LogP contribution < -0.4 is 5.32 Å². The molecule has 2 N–H and O–H groups in total. The lowest BCUT2D eigenvalue weighted by Gasteiger charge is -2.60. The first-order valence-corrected chi connectivity index (χ1v) is 8.02. The molecule has 4 nitrogen and oxygen atoms in total. The molecule has 1 amide bonds. The van der Waals surface area contributed by atoms with E-state index in [4.69, 9.17) is 9.84 Å². The molecule has 4 heteroatoms. The summed E-state index contributed by atoms with van der Waals surface area (Å²) in [5.74, 6) is 1.81. The van der Waals surface area contributed by atoms with Crippen LogP contribution in [-0.4, -0.2) is 37.4 Å². The number of hydrogen-bond acceptors (Lipinski definition) is 3. The fraction of sp³-hybridized carbons (Fsp3) is 0.938. The highest BCUT2D eigenvalue weighted by Crippen LogP contribution is 2.65. The topological polar surface area (TPSA) is 58.6 Å². The fourth-order valence-corrected chi connectivity index (χ4v) is 5.58. The Morgan fingerprint density at radius 3 is 2.55 bits per heavy atom. The van der Waals surface area contributed by atoms with Crippen LogP contribution in [0.5, 0.6) is 0 Å². The maximum Gasteiger partial charge on any atom is 0.226 e. The Kier molecular flexibility index (Phi) is 3.80. The van der Waals surface area contributed by atoms with E-state index in [0.717, 1.165) is 31.1 Å². The first-order chi connectivity index (χ1) is 9.55. The Labute approximate surface area is 121 Å².